The molecule has 0 aliphatic rings. The van der Waals surface area contributed by atoms with Crippen LogP contribution in [0.4, 0.5) is 14.4 Å². The van der Waals surface area contributed by atoms with Crippen LogP contribution < -0.4 is 21.3 Å². The molecule has 0 aliphatic carbocycles. The highest BCUT2D eigenvalue weighted by atomic mass is 16.6. The number of rotatable bonds is 22. The molecule has 1 aromatic rings. The monoisotopic (exact) mass is 608 g/mol. The Labute approximate surface area is 256 Å². The molecule has 12 nitrogen and oxygen atoms in total. The second kappa shape index (κ2) is 23.0. The fraction of sp³-hybridized carbons (Fsp3) is 0.677. The van der Waals surface area contributed by atoms with Gasteiger partial charge in [-0.2, -0.15) is 0 Å². The maximum Gasteiger partial charge on any atom is 0.407 e. The number of unbranched alkanes of at least 4 members (excludes halogenated alkanes) is 6. The van der Waals surface area contributed by atoms with Crippen molar-refractivity contribution in [2.24, 2.45) is 5.41 Å². The van der Waals surface area contributed by atoms with Crippen molar-refractivity contribution < 1.29 is 38.1 Å². The number of alkyl carbamates (subject to hydrolysis) is 3. The zero-order valence-corrected chi connectivity index (χ0v) is 26.4. The molecule has 0 aromatic heterocycles. The van der Waals surface area contributed by atoms with Gasteiger partial charge in [0.2, 0.25) is 5.91 Å². The summed E-state index contributed by atoms with van der Waals surface area (Å²) in [5, 5.41) is 11.0. The first-order valence-electron chi connectivity index (χ1n) is 15.1. The molecule has 0 spiro atoms. The minimum Gasteiger partial charge on any atom is -0.449 e. The standard InChI is InChI=1S/C31H52N4O8/c1-25(36)32-17-9-5-6-11-19-34-29(38)42-23-31(2,3)24-43-30(39)35-20-12-8-7-10-18-33-28(37)41-22-27-15-13-26(14-16-27)21-40-4/h13-16H,5-12,17-24H2,1-4H3,(H,32,36)(H,33,37)(H,34,38)(H,35,39). The van der Waals surface area contributed by atoms with Crippen molar-refractivity contribution in [2.45, 2.75) is 85.4 Å². The summed E-state index contributed by atoms with van der Waals surface area (Å²) >= 11 is 0. The zero-order chi connectivity index (χ0) is 31.8. The van der Waals surface area contributed by atoms with E-state index in [0.717, 1.165) is 62.5 Å². The van der Waals surface area contributed by atoms with Gasteiger partial charge in [0.1, 0.15) is 19.8 Å². The average molecular weight is 609 g/mol. The normalized spacial score (nSPS) is 10.9. The van der Waals surface area contributed by atoms with Crippen LogP contribution in [-0.2, 0) is 37.0 Å². The van der Waals surface area contributed by atoms with Crippen molar-refractivity contribution in [3.8, 4) is 0 Å². The smallest absolute Gasteiger partial charge is 0.407 e. The number of hydrogen-bond donors (Lipinski definition) is 4. The van der Waals surface area contributed by atoms with Crippen LogP contribution in [0, 0.1) is 5.41 Å². The van der Waals surface area contributed by atoms with Crippen molar-refractivity contribution in [2.75, 3.05) is 46.5 Å². The lowest BCUT2D eigenvalue weighted by Gasteiger charge is -2.23. The van der Waals surface area contributed by atoms with Gasteiger partial charge in [0.15, 0.2) is 0 Å². The van der Waals surface area contributed by atoms with E-state index in [1.165, 1.54) is 6.92 Å². The van der Waals surface area contributed by atoms with Crippen LogP contribution >= 0.6 is 0 Å². The van der Waals surface area contributed by atoms with Crippen molar-refractivity contribution >= 4 is 24.2 Å². The van der Waals surface area contributed by atoms with Crippen molar-refractivity contribution in [1.82, 2.24) is 21.3 Å². The minimum atomic E-state index is -0.527. The van der Waals surface area contributed by atoms with E-state index >= 15 is 0 Å². The molecule has 0 unspecified atom stereocenters. The highest BCUT2D eigenvalue weighted by Gasteiger charge is 2.22. The summed E-state index contributed by atoms with van der Waals surface area (Å²) in [5.74, 6) is -0.0228. The van der Waals surface area contributed by atoms with Crippen molar-refractivity contribution in [1.29, 1.82) is 0 Å². The van der Waals surface area contributed by atoms with Crippen LogP contribution in [0.25, 0.3) is 0 Å². The maximum absolute atomic E-state index is 12.0. The van der Waals surface area contributed by atoms with Crippen molar-refractivity contribution in [3.63, 3.8) is 0 Å². The molecule has 0 radical (unpaired) electrons. The van der Waals surface area contributed by atoms with E-state index in [4.69, 9.17) is 18.9 Å². The SMILES string of the molecule is COCc1ccc(COC(=O)NCCCCCCNC(=O)OCC(C)(C)COC(=O)NCCCCCCNC(C)=O)cc1. The fourth-order valence-corrected chi connectivity index (χ4v) is 3.81. The molecule has 0 bridgehead atoms. The van der Waals surface area contributed by atoms with Crippen LogP contribution in [0.5, 0.6) is 0 Å². The van der Waals surface area contributed by atoms with E-state index in [0.29, 0.717) is 32.8 Å². The molecular formula is C31H52N4O8. The molecule has 12 heteroatoms. The second-order valence-corrected chi connectivity index (χ2v) is 11.2. The second-order valence-electron chi connectivity index (χ2n) is 11.2. The molecular weight excluding hydrogens is 556 g/mol. The predicted molar refractivity (Wildman–Crippen MR) is 163 cm³/mol. The Hall–Kier alpha value is -3.54. The van der Waals surface area contributed by atoms with Crippen molar-refractivity contribution in [3.05, 3.63) is 35.4 Å². The predicted octanol–water partition coefficient (Wildman–Crippen LogP) is 4.79. The molecule has 4 N–H and O–H groups in total. The molecule has 0 saturated heterocycles. The summed E-state index contributed by atoms with van der Waals surface area (Å²) in [6.45, 7) is 8.41. The lowest BCUT2D eigenvalue weighted by molar-refractivity contribution is -0.118. The van der Waals surface area contributed by atoms with E-state index < -0.39 is 23.7 Å². The van der Waals surface area contributed by atoms with Gasteiger partial charge in [-0.3, -0.25) is 4.79 Å². The fourth-order valence-electron chi connectivity index (χ4n) is 3.81. The topological polar surface area (TPSA) is 153 Å². The summed E-state index contributed by atoms with van der Waals surface area (Å²) in [6.07, 6.45) is 5.65. The summed E-state index contributed by atoms with van der Waals surface area (Å²) in [6, 6.07) is 7.71. The number of nitrogens with one attached hydrogen (secondary N) is 4. The van der Waals surface area contributed by atoms with Crippen LogP contribution in [0.1, 0.15) is 83.3 Å². The van der Waals surface area contributed by atoms with E-state index in [1.807, 2.05) is 38.1 Å². The third-order valence-corrected chi connectivity index (χ3v) is 6.28. The first kappa shape index (κ1) is 37.5. The number of amides is 4. The molecule has 244 valence electrons. The van der Waals surface area contributed by atoms with Crippen LogP contribution in [-0.4, -0.2) is 70.7 Å². The molecule has 0 fully saturated rings. The quantitative estimate of drug-likeness (QED) is 0.108. The van der Waals surface area contributed by atoms with E-state index in [-0.39, 0.29) is 25.7 Å². The van der Waals surface area contributed by atoms with Gasteiger partial charge in [0.25, 0.3) is 0 Å². The first-order chi connectivity index (χ1) is 20.6. The molecule has 0 atom stereocenters. The van der Waals surface area contributed by atoms with Crippen LogP contribution in [0.2, 0.25) is 0 Å². The lowest BCUT2D eigenvalue weighted by Crippen LogP contribution is -2.34. The Morgan fingerprint density at radius 2 is 0.953 bits per heavy atom. The molecule has 1 aromatic carbocycles. The number of methoxy groups -OCH3 is 1. The number of benzene rings is 1. The van der Waals surface area contributed by atoms with E-state index in [1.54, 1.807) is 7.11 Å². The van der Waals surface area contributed by atoms with Gasteiger partial charge in [0.05, 0.1) is 6.61 Å². The number of carbonyl (C=O) groups is 4. The van der Waals surface area contributed by atoms with E-state index in [2.05, 4.69) is 21.3 Å². The molecule has 0 heterocycles. The van der Waals surface area contributed by atoms with Crippen LogP contribution in [0.3, 0.4) is 0 Å². The van der Waals surface area contributed by atoms with Crippen LogP contribution in [0.15, 0.2) is 24.3 Å². The highest BCUT2D eigenvalue weighted by molar-refractivity contribution is 5.72. The molecule has 0 saturated carbocycles. The number of hydrogen-bond acceptors (Lipinski definition) is 8. The number of ether oxygens (including phenoxy) is 4. The molecule has 1 rings (SSSR count). The Morgan fingerprint density at radius 3 is 1.35 bits per heavy atom. The van der Waals surface area contributed by atoms with Gasteiger partial charge < -0.3 is 40.2 Å². The summed E-state index contributed by atoms with van der Waals surface area (Å²) in [4.78, 5) is 46.6. The minimum absolute atomic E-state index is 0.0228. The maximum atomic E-state index is 12.0. The van der Waals surface area contributed by atoms with Gasteiger partial charge in [0, 0.05) is 45.6 Å². The van der Waals surface area contributed by atoms with Gasteiger partial charge >= 0.3 is 18.3 Å². The van der Waals surface area contributed by atoms with Gasteiger partial charge in [-0.25, -0.2) is 14.4 Å². The molecule has 0 aliphatic heterocycles. The largest absolute Gasteiger partial charge is 0.449 e. The third-order valence-electron chi connectivity index (χ3n) is 6.28. The number of carbonyl (C=O) groups excluding carboxylic acids is 4. The molecule has 43 heavy (non-hydrogen) atoms. The first-order valence-corrected chi connectivity index (χ1v) is 15.1. The lowest BCUT2D eigenvalue weighted by atomic mass is 9.96. The van der Waals surface area contributed by atoms with Gasteiger partial charge in [-0.15, -0.1) is 0 Å². The summed E-state index contributed by atoms with van der Waals surface area (Å²) in [5.41, 5.74) is 1.45. The Balaban J connectivity index is 1.98. The molecule has 4 amide bonds. The van der Waals surface area contributed by atoms with E-state index in [9.17, 15) is 19.2 Å². The summed E-state index contributed by atoms with van der Waals surface area (Å²) in [7, 11) is 1.65. The Kier molecular flexibility index (Phi) is 20.0. The van der Waals surface area contributed by atoms with Gasteiger partial charge in [-0.05, 0) is 36.8 Å². The summed E-state index contributed by atoms with van der Waals surface area (Å²) < 4.78 is 20.9. The third kappa shape index (κ3) is 21.8. The zero-order valence-electron chi connectivity index (χ0n) is 26.4. The highest BCUT2D eigenvalue weighted by Crippen LogP contribution is 2.16. The average Bonchev–Trinajstić information content (AvgIpc) is 2.97. The Morgan fingerprint density at radius 1 is 0.581 bits per heavy atom. The van der Waals surface area contributed by atoms with Gasteiger partial charge in [-0.1, -0.05) is 63.8 Å². The Bertz CT molecular complexity index is 940.